The van der Waals surface area contributed by atoms with Crippen LogP contribution in [-0.4, -0.2) is 47.8 Å². The highest BCUT2D eigenvalue weighted by atomic mass is 16.2. The Labute approximate surface area is 133 Å². The summed E-state index contributed by atoms with van der Waals surface area (Å²) in [5.74, 6) is 0.310. The van der Waals surface area contributed by atoms with Crippen molar-refractivity contribution in [2.45, 2.75) is 34.1 Å². The molecule has 1 aromatic rings. The Morgan fingerprint density at radius 2 is 1.45 bits per heavy atom. The van der Waals surface area contributed by atoms with Crippen molar-refractivity contribution >= 4 is 11.8 Å². The molecule has 0 atom stereocenters. The zero-order valence-electron chi connectivity index (χ0n) is 14.1. The summed E-state index contributed by atoms with van der Waals surface area (Å²) in [4.78, 5) is 28.3. The van der Waals surface area contributed by atoms with E-state index >= 15 is 0 Å². The van der Waals surface area contributed by atoms with Crippen molar-refractivity contribution in [3.63, 3.8) is 0 Å². The normalized spacial score (nSPS) is 15.8. The summed E-state index contributed by atoms with van der Waals surface area (Å²) in [7, 11) is 0. The first-order chi connectivity index (χ1) is 10.3. The molecule has 0 bridgehead atoms. The molecule has 4 nitrogen and oxygen atoms in total. The van der Waals surface area contributed by atoms with Gasteiger partial charge in [0.2, 0.25) is 11.8 Å². The van der Waals surface area contributed by atoms with Gasteiger partial charge < -0.3 is 9.80 Å². The molecule has 0 aromatic heterocycles. The van der Waals surface area contributed by atoms with Crippen LogP contribution in [0.5, 0.6) is 0 Å². The molecule has 1 saturated heterocycles. The van der Waals surface area contributed by atoms with Gasteiger partial charge in [0.05, 0.1) is 6.42 Å². The minimum atomic E-state index is -0.353. The number of carbonyl (C=O) groups is 2. The average molecular weight is 302 g/mol. The number of rotatable bonds is 2. The zero-order chi connectivity index (χ0) is 16.3. The quantitative estimate of drug-likeness (QED) is 0.841. The number of aryl methyl sites for hydroxylation is 1. The van der Waals surface area contributed by atoms with Crippen LogP contribution in [0.1, 0.15) is 31.9 Å². The second-order valence-corrected chi connectivity index (χ2v) is 7.09. The minimum Gasteiger partial charge on any atom is -0.339 e. The van der Waals surface area contributed by atoms with Crippen LogP contribution in [0, 0.1) is 12.3 Å². The maximum atomic E-state index is 12.3. The van der Waals surface area contributed by atoms with Crippen molar-refractivity contribution < 1.29 is 9.59 Å². The van der Waals surface area contributed by atoms with E-state index in [9.17, 15) is 9.59 Å². The maximum Gasteiger partial charge on any atom is 0.228 e. The van der Waals surface area contributed by atoms with Gasteiger partial charge in [0.1, 0.15) is 0 Å². The van der Waals surface area contributed by atoms with Crippen molar-refractivity contribution in [3.8, 4) is 0 Å². The largest absolute Gasteiger partial charge is 0.339 e. The molecule has 2 amide bonds. The third-order valence-corrected chi connectivity index (χ3v) is 4.04. The second kappa shape index (κ2) is 6.51. The summed E-state index contributed by atoms with van der Waals surface area (Å²) >= 11 is 0. The molecule has 0 spiro atoms. The lowest BCUT2D eigenvalue weighted by Gasteiger charge is -2.37. The molecular weight excluding hydrogens is 276 g/mol. The predicted molar refractivity (Wildman–Crippen MR) is 87.5 cm³/mol. The van der Waals surface area contributed by atoms with Gasteiger partial charge in [0, 0.05) is 31.6 Å². The van der Waals surface area contributed by atoms with Crippen LogP contribution in [0.25, 0.3) is 0 Å². The highest BCUT2D eigenvalue weighted by molar-refractivity contribution is 5.82. The lowest BCUT2D eigenvalue weighted by Crippen LogP contribution is -2.53. The monoisotopic (exact) mass is 302 g/mol. The topological polar surface area (TPSA) is 40.6 Å². The standard InChI is InChI=1S/C18H26N2O2/c1-14-5-7-15(8-6-14)13-16(21)19-9-11-20(12-10-19)17(22)18(2,3)4/h5-8H,9-13H2,1-4H3. The molecule has 1 aliphatic rings. The molecule has 1 fully saturated rings. The van der Waals surface area contributed by atoms with Crippen molar-refractivity contribution in [1.82, 2.24) is 9.80 Å². The number of benzene rings is 1. The van der Waals surface area contributed by atoms with E-state index in [0.717, 1.165) is 5.56 Å². The van der Waals surface area contributed by atoms with Crippen LogP contribution in [0.15, 0.2) is 24.3 Å². The Morgan fingerprint density at radius 1 is 0.955 bits per heavy atom. The van der Waals surface area contributed by atoms with Crippen LogP contribution in [0.4, 0.5) is 0 Å². The fourth-order valence-electron chi connectivity index (χ4n) is 2.63. The van der Waals surface area contributed by atoms with Crippen molar-refractivity contribution in [1.29, 1.82) is 0 Å². The van der Waals surface area contributed by atoms with Crippen LogP contribution >= 0.6 is 0 Å². The molecule has 1 aromatic carbocycles. The van der Waals surface area contributed by atoms with Gasteiger partial charge in [-0.1, -0.05) is 50.6 Å². The number of piperazine rings is 1. The minimum absolute atomic E-state index is 0.145. The van der Waals surface area contributed by atoms with Crippen LogP contribution in [0.3, 0.4) is 0 Å². The summed E-state index contributed by atoms with van der Waals surface area (Å²) in [6.07, 6.45) is 0.438. The van der Waals surface area contributed by atoms with Gasteiger partial charge >= 0.3 is 0 Å². The first-order valence-electron chi connectivity index (χ1n) is 7.90. The molecule has 0 unspecified atom stereocenters. The number of amides is 2. The number of hydrogen-bond acceptors (Lipinski definition) is 2. The molecule has 4 heteroatoms. The smallest absolute Gasteiger partial charge is 0.228 e. The summed E-state index contributed by atoms with van der Waals surface area (Å²) in [5, 5.41) is 0. The first-order valence-corrected chi connectivity index (χ1v) is 7.90. The van der Waals surface area contributed by atoms with E-state index in [1.165, 1.54) is 5.56 Å². The highest BCUT2D eigenvalue weighted by Gasteiger charge is 2.30. The second-order valence-electron chi connectivity index (χ2n) is 7.09. The van der Waals surface area contributed by atoms with Crippen LogP contribution in [-0.2, 0) is 16.0 Å². The lowest BCUT2D eigenvalue weighted by molar-refractivity contribution is -0.144. The summed E-state index contributed by atoms with van der Waals surface area (Å²) < 4.78 is 0. The molecule has 0 saturated carbocycles. The first kappa shape index (κ1) is 16.5. The average Bonchev–Trinajstić information content (AvgIpc) is 2.48. The van der Waals surface area contributed by atoms with Gasteiger partial charge in [0.25, 0.3) is 0 Å². The van der Waals surface area contributed by atoms with E-state index in [1.54, 1.807) is 0 Å². The molecule has 1 heterocycles. The van der Waals surface area contributed by atoms with E-state index in [0.29, 0.717) is 32.6 Å². The van der Waals surface area contributed by atoms with Gasteiger partial charge in [-0.3, -0.25) is 9.59 Å². The van der Waals surface area contributed by atoms with Gasteiger partial charge in [-0.2, -0.15) is 0 Å². The summed E-state index contributed by atoms with van der Waals surface area (Å²) in [5.41, 5.74) is 1.89. The van der Waals surface area contributed by atoms with Crippen molar-refractivity contribution in [2.24, 2.45) is 5.41 Å². The number of nitrogens with zero attached hydrogens (tertiary/aromatic N) is 2. The Hall–Kier alpha value is -1.84. The Bertz CT molecular complexity index is 535. The molecule has 0 aliphatic carbocycles. The van der Waals surface area contributed by atoms with Gasteiger partial charge in [0.15, 0.2) is 0 Å². The SMILES string of the molecule is Cc1ccc(CC(=O)N2CCN(C(=O)C(C)(C)C)CC2)cc1. The zero-order valence-corrected chi connectivity index (χ0v) is 14.1. The van der Waals surface area contributed by atoms with Gasteiger partial charge in [-0.15, -0.1) is 0 Å². The Kier molecular flexibility index (Phi) is 4.89. The van der Waals surface area contributed by atoms with E-state index in [2.05, 4.69) is 0 Å². The lowest BCUT2D eigenvalue weighted by atomic mass is 9.94. The number of hydrogen-bond donors (Lipinski definition) is 0. The molecular formula is C18H26N2O2. The Balaban J connectivity index is 1.87. The molecule has 2 rings (SSSR count). The highest BCUT2D eigenvalue weighted by Crippen LogP contribution is 2.19. The van der Waals surface area contributed by atoms with Crippen molar-refractivity contribution in [2.75, 3.05) is 26.2 Å². The fourth-order valence-corrected chi connectivity index (χ4v) is 2.63. The molecule has 0 N–H and O–H groups in total. The van der Waals surface area contributed by atoms with E-state index in [4.69, 9.17) is 0 Å². The predicted octanol–water partition coefficient (Wildman–Crippen LogP) is 2.25. The van der Waals surface area contributed by atoms with Crippen LogP contribution in [0.2, 0.25) is 0 Å². The molecule has 0 radical (unpaired) electrons. The van der Waals surface area contributed by atoms with E-state index < -0.39 is 0 Å². The summed E-state index contributed by atoms with van der Waals surface area (Å²) in [6.45, 7) is 10.4. The molecule has 120 valence electrons. The third kappa shape index (κ3) is 4.09. The molecule has 22 heavy (non-hydrogen) atoms. The van der Waals surface area contributed by atoms with Gasteiger partial charge in [-0.25, -0.2) is 0 Å². The summed E-state index contributed by atoms with van der Waals surface area (Å²) in [6, 6.07) is 8.07. The third-order valence-electron chi connectivity index (χ3n) is 4.04. The van der Waals surface area contributed by atoms with Crippen molar-refractivity contribution in [3.05, 3.63) is 35.4 Å². The number of carbonyl (C=O) groups excluding carboxylic acids is 2. The van der Waals surface area contributed by atoms with Crippen LogP contribution < -0.4 is 0 Å². The maximum absolute atomic E-state index is 12.3. The van der Waals surface area contributed by atoms with Gasteiger partial charge in [-0.05, 0) is 12.5 Å². The fraction of sp³-hybridized carbons (Fsp3) is 0.556. The Morgan fingerprint density at radius 3 is 1.95 bits per heavy atom. The van der Waals surface area contributed by atoms with E-state index in [-0.39, 0.29) is 17.2 Å². The molecule has 1 aliphatic heterocycles. The van der Waals surface area contributed by atoms with E-state index in [1.807, 2.05) is 61.8 Å².